The van der Waals surface area contributed by atoms with E-state index < -0.39 is 10.0 Å². The van der Waals surface area contributed by atoms with Crippen molar-refractivity contribution in [2.24, 2.45) is 11.8 Å². The van der Waals surface area contributed by atoms with Crippen molar-refractivity contribution in [2.75, 3.05) is 13.1 Å². The quantitative estimate of drug-likeness (QED) is 0.841. The first-order valence-corrected chi connectivity index (χ1v) is 7.69. The van der Waals surface area contributed by atoms with Gasteiger partial charge in [-0.15, -0.1) is 12.4 Å². The van der Waals surface area contributed by atoms with Crippen LogP contribution in [0.1, 0.15) is 0 Å². The lowest BCUT2D eigenvalue weighted by atomic mass is 10.4. The summed E-state index contributed by atoms with van der Waals surface area (Å²) in [5.41, 5.74) is 0. The largest absolute Gasteiger partial charge is 0.316 e. The van der Waals surface area contributed by atoms with Crippen LogP contribution in [0.4, 0.5) is 0 Å². The number of nitrogens with one attached hydrogen (secondary N) is 2. The van der Waals surface area contributed by atoms with E-state index >= 15 is 0 Å². The van der Waals surface area contributed by atoms with Gasteiger partial charge in [0.25, 0.3) is 0 Å². The van der Waals surface area contributed by atoms with Crippen molar-refractivity contribution in [3.05, 3.63) is 22.9 Å². The Morgan fingerprint density at radius 3 is 2.61 bits per heavy atom. The fourth-order valence-electron chi connectivity index (χ4n) is 2.38. The monoisotopic (exact) mass is 353 g/mol. The van der Waals surface area contributed by atoms with Crippen molar-refractivity contribution in [3.8, 4) is 0 Å². The van der Waals surface area contributed by atoms with Crippen LogP contribution in [0.25, 0.3) is 0 Å². The number of hydrogen-bond donors (Lipinski definition) is 2. The van der Waals surface area contributed by atoms with E-state index in [1.54, 1.807) is 12.3 Å². The maximum absolute atomic E-state index is 12.1. The lowest BCUT2D eigenvalue weighted by Crippen LogP contribution is -2.32. The first-order chi connectivity index (χ1) is 8.08. The lowest BCUT2D eigenvalue weighted by molar-refractivity contribution is 0.565. The predicted octanol–water partition coefficient (Wildman–Crippen LogP) is 0.762. The fraction of sp³-hybridized carbons (Fsp3) is 0.500. The Hall–Kier alpha value is -0.210. The van der Waals surface area contributed by atoms with Crippen LogP contribution in [0.15, 0.2) is 27.8 Å². The van der Waals surface area contributed by atoms with Gasteiger partial charge in [0.1, 0.15) is 4.90 Å². The number of rotatable bonds is 3. The molecule has 1 aliphatic carbocycles. The molecule has 1 aromatic heterocycles. The van der Waals surface area contributed by atoms with Crippen LogP contribution in [-0.4, -0.2) is 32.5 Å². The minimum atomic E-state index is -3.43. The van der Waals surface area contributed by atoms with E-state index in [0.29, 0.717) is 16.3 Å². The van der Waals surface area contributed by atoms with Crippen LogP contribution in [0.3, 0.4) is 0 Å². The Bertz CT molecular complexity index is 544. The number of halogens is 2. The first kappa shape index (κ1) is 14.2. The van der Waals surface area contributed by atoms with Crippen molar-refractivity contribution in [1.29, 1.82) is 0 Å². The average Bonchev–Trinajstić information content (AvgIpc) is 2.75. The standard InChI is InChI=1S/C10H12BrN3O2S.ClH/c11-6-1-7(3-12-2-6)17(15,16)14-10-8-4-13-5-9(8)10;/h1-3,8-10,13-14H,4-5H2;1H. The van der Waals surface area contributed by atoms with Gasteiger partial charge in [-0.25, -0.2) is 13.1 Å². The van der Waals surface area contributed by atoms with Crippen LogP contribution in [0, 0.1) is 11.8 Å². The van der Waals surface area contributed by atoms with Gasteiger partial charge in [0.05, 0.1) is 0 Å². The maximum Gasteiger partial charge on any atom is 0.242 e. The van der Waals surface area contributed by atoms with E-state index in [-0.39, 0.29) is 23.3 Å². The molecule has 1 saturated carbocycles. The second kappa shape index (κ2) is 5.05. The van der Waals surface area contributed by atoms with Gasteiger partial charge in [-0.2, -0.15) is 0 Å². The average molecular weight is 355 g/mol. The molecule has 2 atom stereocenters. The third-order valence-corrected chi connectivity index (χ3v) is 5.23. The first-order valence-electron chi connectivity index (χ1n) is 5.41. The fourth-order valence-corrected chi connectivity index (χ4v) is 4.22. The van der Waals surface area contributed by atoms with Crippen LogP contribution in [0.5, 0.6) is 0 Å². The van der Waals surface area contributed by atoms with Crippen molar-refractivity contribution in [3.63, 3.8) is 0 Å². The van der Waals surface area contributed by atoms with E-state index in [1.807, 2.05) is 0 Å². The van der Waals surface area contributed by atoms with E-state index in [9.17, 15) is 8.42 Å². The van der Waals surface area contributed by atoms with Crippen LogP contribution in [0.2, 0.25) is 0 Å². The summed E-state index contributed by atoms with van der Waals surface area (Å²) in [5, 5.41) is 3.23. The lowest BCUT2D eigenvalue weighted by Gasteiger charge is -2.08. The number of fused-ring (bicyclic) bond motifs is 1. The minimum absolute atomic E-state index is 0. The molecule has 1 aliphatic heterocycles. The van der Waals surface area contributed by atoms with Crippen molar-refractivity contribution < 1.29 is 8.42 Å². The second-order valence-electron chi connectivity index (χ2n) is 4.47. The summed E-state index contributed by atoms with van der Waals surface area (Å²) in [6, 6.07) is 1.66. The predicted molar refractivity (Wildman–Crippen MR) is 73.1 cm³/mol. The molecule has 0 radical (unpaired) electrons. The molecule has 3 rings (SSSR count). The molecule has 8 heteroatoms. The van der Waals surface area contributed by atoms with E-state index in [0.717, 1.165) is 13.1 Å². The van der Waals surface area contributed by atoms with E-state index in [4.69, 9.17) is 0 Å². The van der Waals surface area contributed by atoms with Crippen molar-refractivity contribution in [1.82, 2.24) is 15.0 Å². The normalized spacial score (nSPS) is 29.5. The Kier molecular flexibility index (Phi) is 3.99. The van der Waals surface area contributed by atoms with Gasteiger partial charge in [0.15, 0.2) is 0 Å². The maximum atomic E-state index is 12.1. The molecule has 0 amide bonds. The molecule has 2 aliphatic rings. The molecule has 1 saturated heterocycles. The topological polar surface area (TPSA) is 71.1 Å². The van der Waals surface area contributed by atoms with Crippen LogP contribution in [-0.2, 0) is 10.0 Å². The van der Waals surface area contributed by atoms with Crippen LogP contribution < -0.4 is 10.0 Å². The molecule has 0 aromatic carbocycles. The smallest absolute Gasteiger partial charge is 0.242 e. The highest BCUT2D eigenvalue weighted by molar-refractivity contribution is 9.10. The summed E-state index contributed by atoms with van der Waals surface area (Å²) < 4.78 is 27.6. The Morgan fingerprint density at radius 2 is 2.00 bits per heavy atom. The van der Waals surface area contributed by atoms with E-state index in [2.05, 4.69) is 31.0 Å². The zero-order chi connectivity index (χ0) is 12.0. The molecular weight excluding hydrogens is 342 g/mol. The molecule has 2 unspecified atom stereocenters. The molecule has 1 aromatic rings. The highest BCUT2D eigenvalue weighted by Crippen LogP contribution is 2.42. The summed E-state index contributed by atoms with van der Waals surface area (Å²) in [6.07, 6.45) is 2.93. The van der Waals surface area contributed by atoms with Gasteiger partial charge in [0.2, 0.25) is 10.0 Å². The molecule has 2 N–H and O–H groups in total. The van der Waals surface area contributed by atoms with Gasteiger partial charge in [-0.1, -0.05) is 0 Å². The van der Waals surface area contributed by atoms with Gasteiger partial charge in [0, 0.05) is 22.9 Å². The summed E-state index contributed by atoms with van der Waals surface area (Å²) in [4.78, 5) is 4.08. The zero-order valence-corrected chi connectivity index (χ0v) is 12.6. The molecule has 100 valence electrons. The van der Waals surface area contributed by atoms with Gasteiger partial charge >= 0.3 is 0 Å². The van der Waals surface area contributed by atoms with Crippen molar-refractivity contribution in [2.45, 2.75) is 10.9 Å². The number of hydrogen-bond acceptors (Lipinski definition) is 4. The molecule has 2 fully saturated rings. The highest BCUT2D eigenvalue weighted by atomic mass is 79.9. The Morgan fingerprint density at radius 1 is 1.33 bits per heavy atom. The van der Waals surface area contributed by atoms with Crippen molar-refractivity contribution >= 4 is 38.4 Å². The van der Waals surface area contributed by atoms with Gasteiger partial charge in [-0.05, 0) is 46.9 Å². The number of sulfonamides is 1. The highest BCUT2D eigenvalue weighted by Gasteiger charge is 2.54. The molecule has 0 spiro atoms. The zero-order valence-electron chi connectivity index (χ0n) is 9.34. The summed E-state index contributed by atoms with van der Waals surface area (Å²) in [5.74, 6) is 0.926. The molecule has 18 heavy (non-hydrogen) atoms. The third kappa shape index (κ3) is 2.55. The second-order valence-corrected chi connectivity index (χ2v) is 7.10. The van der Waals surface area contributed by atoms with Gasteiger partial charge < -0.3 is 5.32 Å². The summed E-state index contributed by atoms with van der Waals surface area (Å²) in [6.45, 7) is 1.82. The number of piperidine rings is 1. The number of aromatic nitrogens is 1. The number of nitrogens with zero attached hydrogens (tertiary/aromatic N) is 1. The minimum Gasteiger partial charge on any atom is -0.316 e. The summed E-state index contributed by atoms with van der Waals surface area (Å²) in [7, 11) is -3.43. The van der Waals surface area contributed by atoms with E-state index in [1.165, 1.54) is 6.20 Å². The summed E-state index contributed by atoms with van der Waals surface area (Å²) >= 11 is 3.22. The van der Waals surface area contributed by atoms with Crippen LogP contribution >= 0.6 is 28.3 Å². The third-order valence-electron chi connectivity index (χ3n) is 3.37. The molecular formula is C10H13BrClN3O2S. The Labute approximate surface area is 120 Å². The molecule has 5 nitrogen and oxygen atoms in total. The number of pyridine rings is 1. The SMILES string of the molecule is Cl.O=S(=O)(NC1C2CNCC21)c1cncc(Br)c1. The Balaban J connectivity index is 0.00000120. The van der Waals surface area contributed by atoms with Gasteiger partial charge in [-0.3, -0.25) is 4.98 Å². The molecule has 0 bridgehead atoms. The molecule has 2 heterocycles.